The fraction of sp³-hybridized carbons (Fsp3) is 0.265. The van der Waals surface area contributed by atoms with Crippen molar-refractivity contribution in [2.45, 2.75) is 85.5 Å². The van der Waals surface area contributed by atoms with E-state index in [1.165, 1.54) is 125 Å². The average Bonchev–Trinajstić information content (AvgIpc) is 3.15. The molecule has 0 aliphatic carbocycles. The molecule has 260 valence electrons. The van der Waals surface area contributed by atoms with Crippen molar-refractivity contribution >= 4 is 0 Å². The molecule has 0 aliphatic heterocycles. The van der Waals surface area contributed by atoms with Gasteiger partial charge in [0.25, 0.3) is 0 Å². The zero-order valence-corrected chi connectivity index (χ0v) is 30.7. The standard InChI is InChI=1S/C49H50F2/c1-34-36(3)48(44-18-14-40(15-19-44)42-22-28-46(50)29-23-42)32-26-38(34)12-10-8-6-5-7-9-11-13-39-27-33-49(37(4)35(39)2)45-20-16-41(17-21-45)43-24-30-47(51)31-25-43/h14-33H,5-13H2,1-4H3. The van der Waals surface area contributed by atoms with Gasteiger partial charge in [-0.3, -0.25) is 0 Å². The lowest BCUT2D eigenvalue weighted by Gasteiger charge is -2.15. The summed E-state index contributed by atoms with van der Waals surface area (Å²) in [6.45, 7) is 9.03. The first-order chi connectivity index (χ1) is 24.8. The van der Waals surface area contributed by atoms with E-state index in [4.69, 9.17) is 0 Å². The quantitative estimate of drug-likeness (QED) is 0.101. The summed E-state index contributed by atoms with van der Waals surface area (Å²) in [4.78, 5) is 0. The molecular weight excluding hydrogens is 627 g/mol. The smallest absolute Gasteiger partial charge is 0.123 e. The van der Waals surface area contributed by atoms with Gasteiger partial charge in [0, 0.05) is 0 Å². The fourth-order valence-electron chi connectivity index (χ4n) is 7.40. The molecule has 6 aromatic rings. The second kappa shape index (κ2) is 16.9. The number of hydrogen-bond acceptors (Lipinski definition) is 0. The maximum Gasteiger partial charge on any atom is 0.123 e. The summed E-state index contributed by atoms with van der Waals surface area (Å²) in [5.41, 5.74) is 17.8. The van der Waals surface area contributed by atoms with Crippen LogP contribution in [0.4, 0.5) is 8.78 Å². The Bertz CT molecular complexity index is 1880. The predicted molar refractivity (Wildman–Crippen MR) is 213 cm³/mol. The van der Waals surface area contributed by atoms with Crippen LogP contribution in [0.3, 0.4) is 0 Å². The SMILES string of the molecule is Cc1c(CCCCCCCCCc2ccc(-c3ccc(-c4ccc(F)cc4)cc3)c(C)c2C)ccc(-c2ccc(-c3ccc(F)cc3)cc2)c1C. The Kier molecular flexibility index (Phi) is 11.9. The molecule has 51 heavy (non-hydrogen) atoms. The minimum Gasteiger partial charge on any atom is -0.207 e. The highest BCUT2D eigenvalue weighted by Crippen LogP contribution is 2.32. The van der Waals surface area contributed by atoms with Gasteiger partial charge in [0.2, 0.25) is 0 Å². The topological polar surface area (TPSA) is 0 Å². The van der Waals surface area contributed by atoms with Gasteiger partial charge in [-0.05, 0) is 156 Å². The number of unbranched alkanes of at least 4 members (excludes halogenated alkanes) is 6. The maximum absolute atomic E-state index is 13.3. The van der Waals surface area contributed by atoms with Gasteiger partial charge < -0.3 is 0 Å². The van der Waals surface area contributed by atoms with Gasteiger partial charge in [-0.2, -0.15) is 0 Å². The molecule has 0 fully saturated rings. The highest BCUT2D eigenvalue weighted by Gasteiger charge is 2.11. The van der Waals surface area contributed by atoms with E-state index in [9.17, 15) is 8.78 Å². The van der Waals surface area contributed by atoms with E-state index >= 15 is 0 Å². The van der Waals surface area contributed by atoms with Crippen LogP contribution in [-0.2, 0) is 12.8 Å². The molecular formula is C49H50F2. The van der Waals surface area contributed by atoms with Gasteiger partial charge in [-0.25, -0.2) is 8.78 Å². The van der Waals surface area contributed by atoms with Crippen molar-refractivity contribution < 1.29 is 8.78 Å². The highest BCUT2D eigenvalue weighted by molar-refractivity contribution is 5.74. The van der Waals surface area contributed by atoms with Gasteiger partial charge in [0.15, 0.2) is 0 Å². The molecule has 0 atom stereocenters. The van der Waals surface area contributed by atoms with Crippen molar-refractivity contribution in [3.05, 3.63) is 166 Å². The van der Waals surface area contributed by atoms with Gasteiger partial charge in [0.1, 0.15) is 11.6 Å². The predicted octanol–water partition coefficient (Wildman–Crippen LogP) is 14.4. The first-order valence-corrected chi connectivity index (χ1v) is 18.7. The summed E-state index contributed by atoms with van der Waals surface area (Å²) in [5, 5.41) is 0. The van der Waals surface area contributed by atoms with Crippen molar-refractivity contribution in [1.29, 1.82) is 0 Å². The van der Waals surface area contributed by atoms with E-state index < -0.39 is 0 Å². The lowest BCUT2D eigenvalue weighted by Crippen LogP contribution is -1.96. The zero-order valence-electron chi connectivity index (χ0n) is 30.7. The molecule has 0 radical (unpaired) electrons. The van der Waals surface area contributed by atoms with Crippen molar-refractivity contribution in [3.8, 4) is 44.5 Å². The molecule has 0 saturated heterocycles. The van der Waals surface area contributed by atoms with E-state index in [-0.39, 0.29) is 11.6 Å². The summed E-state index contributed by atoms with van der Waals surface area (Å²) >= 11 is 0. The number of hydrogen-bond donors (Lipinski definition) is 0. The minimum absolute atomic E-state index is 0.206. The second-order valence-corrected chi connectivity index (χ2v) is 14.2. The Morgan fingerprint density at radius 1 is 0.294 bits per heavy atom. The Hall–Kier alpha value is -4.82. The molecule has 0 aliphatic rings. The van der Waals surface area contributed by atoms with Crippen LogP contribution in [0.25, 0.3) is 44.5 Å². The van der Waals surface area contributed by atoms with E-state index in [1.807, 2.05) is 24.3 Å². The molecule has 0 spiro atoms. The average molecular weight is 677 g/mol. The lowest BCUT2D eigenvalue weighted by atomic mass is 9.90. The normalized spacial score (nSPS) is 11.3. The third kappa shape index (κ3) is 8.92. The number of rotatable bonds is 14. The number of halogens is 2. The third-order valence-corrected chi connectivity index (χ3v) is 10.9. The first-order valence-electron chi connectivity index (χ1n) is 18.7. The van der Waals surface area contributed by atoms with Gasteiger partial charge in [-0.15, -0.1) is 0 Å². The van der Waals surface area contributed by atoms with Crippen LogP contribution in [-0.4, -0.2) is 0 Å². The molecule has 6 rings (SSSR count). The lowest BCUT2D eigenvalue weighted by molar-refractivity contribution is 0.578. The van der Waals surface area contributed by atoms with E-state index in [2.05, 4.69) is 100 Å². The van der Waals surface area contributed by atoms with Crippen LogP contribution in [0.5, 0.6) is 0 Å². The van der Waals surface area contributed by atoms with Crippen LogP contribution < -0.4 is 0 Å². The van der Waals surface area contributed by atoms with Gasteiger partial charge in [0.05, 0.1) is 0 Å². The summed E-state index contributed by atoms with van der Waals surface area (Å²) in [6, 6.07) is 39.8. The molecule has 0 heterocycles. The van der Waals surface area contributed by atoms with Crippen molar-refractivity contribution in [2.75, 3.05) is 0 Å². The molecule has 0 N–H and O–H groups in total. The molecule has 0 aromatic heterocycles. The summed E-state index contributed by atoms with van der Waals surface area (Å²) in [5.74, 6) is -0.412. The minimum atomic E-state index is -0.206. The molecule has 6 aromatic carbocycles. The number of aryl methyl sites for hydroxylation is 2. The molecule has 0 bridgehead atoms. The molecule has 0 nitrogen and oxygen atoms in total. The Labute approximate surface area is 304 Å². The van der Waals surface area contributed by atoms with Crippen LogP contribution in [0, 0.1) is 39.3 Å². The fourth-order valence-corrected chi connectivity index (χ4v) is 7.40. The van der Waals surface area contributed by atoms with Crippen LogP contribution in [0.1, 0.15) is 78.3 Å². The van der Waals surface area contributed by atoms with Crippen molar-refractivity contribution in [3.63, 3.8) is 0 Å². The highest BCUT2D eigenvalue weighted by atomic mass is 19.1. The van der Waals surface area contributed by atoms with Gasteiger partial charge >= 0.3 is 0 Å². The van der Waals surface area contributed by atoms with Crippen molar-refractivity contribution in [2.24, 2.45) is 0 Å². The summed E-state index contributed by atoms with van der Waals surface area (Å²) in [6.07, 6.45) is 11.3. The summed E-state index contributed by atoms with van der Waals surface area (Å²) in [7, 11) is 0. The Balaban J connectivity index is 0.908. The second-order valence-electron chi connectivity index (χ2n) is 14.2. The maximum atomic E-state index is 13.3. The largest absolute Gasteiger partial charge is 0.207 e. The Morgan fingerprint density at radius 2 is 0.569 bits per heavy atom. The van der Waals surface area contributed by atoms with Crippen LogP contribution >= 0.6 is 0 Å². The number of benzene rings is 6. The van der Waals surface area contributed by atoms with Crippen LogP contribution in [0.15, 0.2) is 121 Å². The van der Waals surface area contributed by atoms with Crippen LogP contribution in [0.2, 0.25) is 0 Å². The van der Waals surface area contributed by atoms with E-state index in [1.54, 1.807) is 0 Å². The van der Waals surface area contributed by atoms with E-state index in [0.29, 0.717) is 0 Å². The van der Waals surface area contributed by atoms with Gasteiger partial charge in [-0.1, -0.05) is 129 Å². The summed E-state index contributed by atoms with van der Waals surface area (Å²) < 4.78 is 26.7. The van der Waals surface area contributed by atoms with E-state index in [0.717, 1.165) is 35.1 Å². The monoisotopic (exact) mass is 676 g/mol. The first kappa shape index (κ1) is 36.0. The zero-order chi connectivity index (χ0) is 35.7. The molecule has 0 saturated carbocycles. The third-order valence-electron chi connectivity index (χ3n) is 10.9. The Morgan fingerprint density at radius 3 is 0.902 bits per heavy atom. The van der Waals surface area contributed by atoms with Crippen molar-refractivity contribution in [1.82, 2.24) is 0 Å². The molecule has 0 unspecified atom stereocenters. The molecule has 0 amide bonds. The molecule has 2 heteroatoms.